The summed E-state index contributed by atoms with van der Waals surface area (Å²) >= 11 is 1.97. The van der Waals surface area contributed by atoms with E-state index in [1.54, 1.807) is 26.2 Å². The second-order valence-corrected chi connectivity index (χ2v) is 4.71. The van der Waals surface area contributed by atoms with Gasteiger partial charge in [0.1, 0.15) is 12.4 Å². The lowest BCUT2D eigenvalue weighted by molar-refractivity contribution is 0.0806. The van der Waals surface area contributed by atoms with Crippen LogP contribution in [0, 0.1) is 3.57 Å². The van der Waals surface area contributed by atoms with E-state index in [9.17, 15) is 13.6 Å². The maximum Gasteiger partial charge on any atom is 0.272 e. The Labute approximate surface area is 112 Å². The van der Waals surface area contributed by atoms with Crippen LogP contribution in [0.4, 0.5) is 8.78 Å². The molecule has 0 radical (unpaired) electrons. The Morgan fingerprint density at radius 2 is 2.12 bits per heavy atom. The average Bonchev–Trinajstić information content (AvgIpc) is 2.26. The molecule has 0 N–H and O–H groups in total. The highest BCUT2D eigenvalue weighted by Crippen LogP contribution is 2.23. The summed E-state index contributed by atoms with van der Waals surface area (Å²) in [6.07, 6.45) is -2.53. The van der Waals surface area contributed by atoms with E-state index in [-0.39, 0.29) is 5.91 Å². The minimum absolute atomic E-state index is 0.191. The van der Waals surface area contributed by atoms with Crippen molar-refractivity contribution < 1.29 is 18.3 Å². The third-order valence-corrected chi connectivity index (χ3v) is 2.84. The van der Waals surface area contributed by atoms with Crippen molar-refractivity contribution in [1.82, 2.24) is 4.90 Å². The third-order valence-electron chi connectivity index (χ3n) is 1.95. The first-order valence-corrected chi connectivity index (χ1v) is 5.92. The second-order valence-electron chi connectivity index (χ2n) is 3.55. The lowest BCUT2D eigenvalue weighted by atomic mass is 10.2. The van der Waals surface area contributed by atoms with Crippen molar-refractivity contribution in [2.75, 3.05) is 20.7 Å². The highest BCUT2D eigenvalue weighted by atomic mass is 127. The quantitative estimate of drug-likeness (QED) is 0.778. The minimum Gasteiger partial charge on any atom is -0.487 e. The molecule has 0 unspecified atom stereocenters. The number of hydrogen-bond acceptors (Lipinski definition) is 2. The molecule has 0 atom stereocenters. The van der Waals surface area contributed by atoms with Gasteiger partial charge in [-0.3, -0.25) is 4.79 Å². The van der Waals surface area contributed by atoms with Gasteiger partial charge >= 0.3 is 0 Å². The topological polar surface area (TPSA) is 29.5 Å². The number of nitrogens with zero attached hydrogens (tertiary/aromatic N) is 1. The van der Waals surface area contributed by atoms with Crippen molar-refractivity contribution in [3.05, 3.63) is 27.3 Å². The fourth-order valence-electron chi connectivity index (χ4n) is 1.16. The summed E-state index contributed by atoms with van der Waals surface area (Å²) in [6.45, 7) is -0.671. The van der Waals surface area contributed by atoms with E-state index < -0.39 is 13.0 Å². The molecule has 1 aromatic rings. The molecule has 0 spiro atoms. The zero-order chi connectivity index (χ0) is 13.0. The van der Waals surface area contributed by atoms with E-state index >= 15 is 0 Å². The molecule has 0 aliphatic rings. The molecule has 6 heteroatoms. The van der Waals surface area contributed by atoms with Crippen LogP contribution in [0.5, 0.6) is 5.75 Å². The molecule has 1 amide bonds. The van der Waals surface area contributed by atoms with Crippen molar-refractivity contribution in [1.29, 1.82) is 0 Å². The fourth-order valence-corrected chi connectivity index (χ4v) is 1.65. The van der Waals surface area contributed by atoms with Crippen molar-refractivity contribution in [3.8, 4) is 5.75 Å². The Balaban J connectivity index is 2.90. The smallest absolute Gasteiger partial charge is 0.272 e. The fraction of sp³-hybridized carbons (Fsp3) is 0.364. The predicted octanol–water partition coefficient (Wildman–Crippen LogP) is 2.64. The number of alkyl halides is 2. The third kappa shape index (κ3) is 4.10. The number of benzene rings is 1. The van der Waals surface area contributed by atoms with Gasteiger partial charge in [0, 0.05) is 19.7 Å². The summed E-state index contributed by atoms with van der Waals surface area (Å²) in [5, 5.41) is 0. The van der Waals surface area contributed by atoms with Gasteiger partial charge in [-0.2, -0.15) is 0 Å². The zero-order valence-electron chi connectivity index (χ0n) is 9.41. The van der Waals surface area contributed by atoms with Crippen molar-refractivity contribution >= 4 is 28.5 Å². The van der Waals surface area contributed by atoms with Crippen LogP contribution in [0.2, 0.25) is 0 Å². The van der Waals surface area contributed by atoms with Gasteiger partial charge in [-0.1, -0.05) is 0 Å². The molecular formula is C11H12F2INO2. The molecular weight excluding hydrogens is 343 g/mol. The summed E-state index contributed by atoms with van der Waals surface area (Å²) in [7, 11) is 3.25. The second kappa shape index (κ2) is 6.13. The predicted molar refractivity (Wildman–Crippen MR) is 68.7 cm³/mol. The maximum atomic E-state index is 12.0. The van der Waals surface area contributed by atoms with Gasteiger partial charge < -0.3 is 9.64 Å². The number of rotatable bonds is 4. The largest absolute Gasteiger partial charge is 0.487 e. The first kappa shape index (κ1) is 14.1. The summed E-state index contributed by atoms with van der Waals surface area (Å²) in [5.41, 5.74) is 0.416. The van der Waals surface area contributed by atoms with Crippen LogP contribution in [0.1, 0.15) is 10.4 Å². The summed E-state index contributed by atoms with van der Waals surface area (Å²) < 4.78 is 29.7. The normalized spacial score (nSPS) is 10.5. The highest BCUT2D eigenvalue weighted by molar-refractivity contribution is 14.1. The highest BCUT2D eigenvalue weighted by Gasteiger charge is 2.12. The van der Waals surface area contributed by atoms with E-state index in [0.29, 0.717) is 14.9 Å². The van der Waals surface area contributed by atoms with Crippen LogP contribution in [-0.4, -0.2) is 37.9 Å². The van der Waals surface area contributed by atoms with E-state index in [0.717, 1.165) is 0 Å². The van der Waals surface area contributed by atoms with Crippen LogP contribution in [0.3, 0.4) is 0 Å². The van der Waals surface area contributed by atoms with Gasteiger partial charge in [0.15, 0.2) is 0 Å². The standard InChI is InChI=1S/C11H12F2INO2/c1-15(2)11(16)7-3-4-8(14)9(5-7)17-6-10(12)13/h3-5,10H,6H2,1-2H3. The lowest BCUT2D eigenvalue weighted by Crippen LogP contribution is -2.21. The molecule has 0 heterocycles. The van der Waals surface area contributed by atoms with Crippen molar-refractivity contribution in [2.24, 2.45) is 0 Å². The molecule has 94 valence electrons. The Hall–Kier alpha value is -0.920. The Morgan fingerprint density at radius 3 is 2.65 bits per heavy atom. The monoisotopic (exact) mass is 355 g/mol. The molecule has 1 rings (SSSR count). The van der Waals surface area contributed by atoms with E-state index in [2.05, 4.69) is 0 Å². The van der Waals surface area contributed by atoms with E-state index in [1.807, 2.05) is 22.6 Å². The van der Waals surface area contributed by atoms with Crippen LogP contribution >= 0.6 is 22.6 Å². The van der Waals surface area contributed by atoms with Gasteiger partial charge in [0.25, 0.3) is 12.3 Å². The molecule has 0 aliphatic carbocycles. The van der Waals surface area contributed by atoms with Gasteiger partial charge in [0.2, 0.25) is 0 Å². The van der Waals surface area contributed by atoms with Crippen LogP contribution < -0.4 is 4.74 Å². The number of halogens is 3. The lowest BCUT2D eigenvalue weighted by Gasteiger charge is -2.13. The zero-order valence-corrected chi connectivity index (χ0v) is 11.6. The van der Waals surface area contributed by atoms with Gasteiger partial charge in [-0.15, -0.1) is 0 Å². The molecule has 0 aliphatic heterocycles. The molecule has 3 nitrogen and oxygen atoms in total. The number of carbonyl (C=O) groups excluding carboxylic acids is 1. The average molecular weight is 355 g/mol. The van der Waals surface area contributed by atoms with Gasteiger partial charge in [-0.05, 0) is 40.8 Å². The first-order valence-electron chi connectivity index (χ1n) is 4.84. The molecule has 0 saturated carbocycles. The van der Waals surface area contributed by atoms with Crippen molar-refractivity contribution in [2.45, 2.75) is 6.43 Å². The van der Waals surface area contributed by atoms with E-state index in [4.69, 9.17) is 4.74 Å². The summed E-state index contributed by atoms with van der Waals surface area (Å²) in [4.78, 5) is 13.1. The molecule has 0 bridgehead atoms. The Morgan fingerprint density at radius 1 is 1.47 bits per heavy atom. The Bertz CT molecular complexity index is 410. The number of carbonyl (C=O) groups is 1. The number of ether oxygens (including phenoxy) is 1. The number of hydrogen-bond donors (Lipinski definition) is 0. The molecule has 17 heavy (non-hydrogen) atoms. The molecule has 0 aromatic heterocycles. The summed E-state index contributed by atoms with van der Waals surface area (Å²) in [6, 6.07) is 4.78. The van der Waals surface area contributed by atoms with Crippen LogP contribution in [0.15, 0.2) is 18.2 Å². The van der Waals surface area contributed by atoms with Crippen LogP contribution in [-0.2, 0) is 0 Å². The molecule has 0 saturated heterocycles. The van der Waals surface area contributed by atoms with Crippen LogP contribution in [0.25, 0.3) is 0 Å². The number of amides is 1. The minimum atomic E-state index is -2.53. The summed E-state index contributed by atoms with van der Waals surface area (Å²) in [5.74, 6) is 0.113. The van der Waals surface area contributed by atoms with E-state index in [1.165, 1.54) is 11.0 Å². The SMILES string of the molecule is CN(C)C(=O)c1ccc(I)c(OCC(F)F)c1. The van der Waals surface area contributed by atoms with Gasteiger partial charge in [0.05, 0.1) is 3.57 Å². The van der Waals surface area contributed by atoms with Gasteiger partial charge in [-0.25, -0.2) is 8.78 Å². The first-order chi connectivity index (χ1) is 7.91. The molecule has 0 fully saturated rings. The Kier molecular flexibility index (Phi) is 5.10. The molecule has 1 aromatic carbocycles. The van der Waals surface area contributed by atoms with Crippen molar-refractivity contribution in [3.63, 3.8) is 0 Å². The maximum absolute atomic E-state index is 12.0.